The van der Waals surface area contributed by atoms with Crippen LogP contribution in [0.5, 0.6) is 5.75 Å². The first-order valence-electron chi connectivity index (χ1n) is 9.24. The van der Waals surface area contributed by atoms with Crippen LogP contribution in [0.25, 0.3) is 27.9 Å². The first-order valence-corrected chi connectivity index (χ1v) is 9.24. The predicted octanol–water partition coefficient (Wildman–Crippen LogP) is 4.43. The van der Waals surface area contributed by atoms with Crippen molar-refractivity contribution in [1.29, 1.82) is 0 Å². The monoisotopic (exact) mass is 397 g/mol. The van der Waals surface area contributed by atoms with E-state index in [2.05, 4.69) is 10.1 Å². The maximum absolute atomic E-state index is 10.7. The van der Waals surface area contributed by atoms with Gasteiger partial charge in [-0.2, -0.15) is 0 Å². The van der Waals surface area contributed by atoms with E-state index in [0.29, 0.717) is 18.2 Å². The lowest BCUT2D eigenvalue weighted by molar-refractivity contribution is -0.384. The standard InChI is InChI=1S/C22H15N5O3/c28-27(29)17-8-10-18(11-9-17)30-13-15-4-3-5-16(12-15)21-24-22-19-6-1-2-7-20(19)23-14-26(22)25-21/h1-12,14H,13H2. The number of non-ortho nitro benzene ring substituents is 1. The van der Waals surface area contributed by atoms with Crippen molar-refractivity contribution in [2.45, 2.75) is 6.61 Å². The van der Waals surface area contributed by atoms with Crippen LogP contribution in [0.3, 0.4) is 0 Å². The predicted molar refractivity (Wildman–Crippen MR) is 111 cm³/mol. The van der Waals surface area contributed by atoms with E-state index in [0.717, 1.165) is 27.7 Å². The molecule has 3 aromatic carbocycles. The van der Waals surface area contributed by atoms with Crippen LogP contribution in [0.15, 0.2) is 79.1 Å². The van der Waals surface area contributed by atoms with Gasteiger partial charge in [0.2, 0.25) is 0 Å². The fourth-order valence-electron chi connectivity index (χ4n) is 3.23. The van der Waals surface area contributed by atoms with Crippen molar-refractivity contribution in [3.63, 3.8) is 0 Å². The van der Waals surface area contributed by atoms with E-state index in [1.807, 2.05) is 48.5 Å². The average molecular weight is 397 g/mol. The van der Waals surface area contributed by atoms with Gasteiger partial charge >= 0.3 is 0 Å². The zero-order chi connectivity index (χ0) is 20.5. The van der Waals surface area contributed by atoms with Gasteiger partial charge in [-0.05, 0) is 35.9 Å². The van der Waals surface area contributed by atoms with Crippen LogP contribution >= 0.6 is 0 Å². The smallest absolute Gasteiger partial charge is 0.269 e. The second-order valence-corrected chi connectivity index (χ2v) is 6.71. The molecule has 0 fully saturated rings. The Kier molecular flexibility index (Phi) is 4.29. The third kappa shape index (κ3) is 3.30. The molecule has 0 unspecified atom stereocenters. The number of benzene rings is 3. The molecule has 0 bridgehead atoms. The topological polar surface area (TPSA) is 95.5 Å². The van der Waals surface area contributed by atoms with Gasteiger partial charge in [0, 0.05) is 23.1 Å². The number of ether oxygens (including phenoxy) is 1. The number of hydrogen-bond donors (Lipinski definition) is 0. The molecule has 30 heavy (non-hydrogen) atoms. The maximum Gasteiger partial charge on any atom is 0.269 e. The van der Waals surface area contributed by atoms with Crippen molar-refractivity contribution in [3.8, 4) is 17.1 Å². The van der Waals surface area contributed by atoms with E-state index in [1.54, 1.807) is 23.0 Å². The van der Waals surface area contributed by atoms with Crippen LogP contribution in [-0.4, -0.2) is 24.5 Å². The van der Waals surface area contributed by atoms with Crippen molar-refractivity contribution >= 4 is 22.2 Å². The first-order chi connectivity index (χ1) is 14.7. The van der Waals surface area contributed by atoms with Gasteiger partial charge in [0.25, 0.3) is 5.69 Å². The average Bonchev–Trinajstić information content (AvgIpc) is 3.23. The molecule has 0 amide bonds. The Morgan fingerprint density at radius 1 is 1.00 bits per heavy atom. The van der Waals surface area contributed by atoms with Crippen molar-refractivity contribution < 1.29 is 9.66 Å². The summed E-state index contributed by atoms with van der Waals surface area (Å²) in [7, 11) is 0. The van der Waals surface area contributed by atoms with Crippen molar-refractivity contribution in [1.82, 2.24) is 19.6 Å². The third-order valence-corrected chi connectivity index (χ3v) is 4.72. The number of aromatic nitrogens is 4. The van der Waals surface area contributed by atoms with Gasteiger partial charge in [0.05, 0.1) is 10.4 Å². The fourth-order valence-corrected chi connectivity index (χ4v) is 3.23. The lowest BCUT2D eigenvalue weighted by atomic mass is 10.1. The molecule has 146 valence electrons. The zero-order valence-electron chi connectivity index (χ0n) is 15.7. The minimum atomic E-state index is -0.437. The highest BCUT2D eigenvalue weighted by Crippen LogP contribution is 2.23. The molecule has 8 nitrogen and oxygen atoms in total. The molecule has 0 aliphatic carbocycles. The normalized spacial score (nSPS) is 11.1. The number of nitrogens with zero attached hydrogens (tertiary/aromatic N) is 5. The van der Waals surface area contributed by atoms with Crippen molar-refractivity contribution in [2.75, 3.05) is 0 Å². The number of rotatable bonds is 5. The van der Waals surface area contributed by atoms with Gasteiger partial charge in [-0.1, -0.05) is 30.3 Å². The van der Waals surface area contributed by atoms with Crippen LogP contribution in [0.2, 0.25) is 0 Å². The zero-order valence-corrected chi connectivity index (χ0v) is 15.7. The summed E-state index contributed by atoms with van der Waals surface area (Å²) in [6.07, 6.45) is 1.66. The Morgan fingerprint density at radius 2 is 1.83 bits per heavy atom. The number of para-hydroxylation sites is 1. The molecule has 5 aromatic rings. The first kappa shape index (κ1) is 17.7. The van der Waals surface area contributed by atoms with Gasteiger partial charge in [-0.3, -0.25) is 10.1 Å². The molecule has 2 aromatic heterocycles. The lowest BCUT2D eigenvalue weighted by Crippen LogP contribution is -1.96. The molecule has 8 heteroatoms. The van der Waals surface area contributed by atoms with E-state index >= 15 is 0 Å². The molecule has 0 aliphatic heterocycles. The summed E-state index contributed by atoms with van der Waals surface area (Å²) in [5, 5.41) is 16.2. The fraction of sp³-hybridized carbons (Fsp3) is 0.0455. The highest BCUT2D eigenvalue weighted by Gasteiger charge is 2.11. The largest absolute Gasteiger partial charge is 0.489 e. The van der Waals surface area contributed by atoms with Crippen LogP contribution in [0.1, 0.15) is 5.56 Å². The van der Waals surface area contributed by atoms with Gasteiger partial charge < -0.3 is 4.74 Å². The molecule has 0 radical (unpaired) electrons. The number of nitro groups is 1. The summed E-state index contributed by atoms with van der Waals surface area (Å²) in [5.74, 6) is 1.17. The molecule has 0 atom stereocenters. The Balaban J connectivity index is 1.40. The molecule has 2 heterocycles. The summed E-state index contributed by atoms with van der Waals surface area (Å²) in [4.78, 5) is 19.4. The Labute approximate surface area is 170 Å². The van der Waals surface area contributed by atoms with Gasteiger partial charge in [0.1, 0.15) is 18.7 Å². The maximum atomic E-state index is 10.7. The van der Waals surface area contributed by atoms with Gasteiger partial charge in [-0.25, -0.2) is 14.5 Å². The molecule has 0 spiro atoms. The number of fused-ring (bicyclic) bond motifs is 3. The molecular formula is C22H15N5O3. The van der Waals surface area contributed by atoms with Gasteiger partial charge in [-0.15, -0.1) is 5.10 Å². The minimum Gasteiger partial charge on any atom is -0.489 e. The third-order valence-electron chi connectivity index (χ3n) is 4.72. The summed E-state index contributed by atoms with van der Waals surface area (Å²) >= 11 is 0. The van der Waals surface area contributed by atoms with Crippen LogP contribution < -0.4 is 4.74 Å². The Bertz CT molecular complexity index is 1380. The van der Waals surface area contributed by atoms with E-state index in [1.165, 1.54) is 12.1 Å². The Hall–Kier alpha value is -4.33. The summed E-state index contributed by atoms with van der Waals surface area (Å²) in [6.45, 7) is 0.323. The molecule has 0 N–H and O–H groups in total. The molecule has 5 rings (SSSR count). The van der Waals surface area contributed by atoms with Gasteiger partial charge in [0.15, 0.2) is 11.5 Å². The second-order valence-electron chi connectivity index (χ2n) is 6.71. The minimum absolute atomic E-state index is 0.0317. The molecule has 0 aliphatic rings. The van der Waals surface area contributed by atoms with E-state index in [4.69, 9.17) is 9.72 Å². The Morgan fingerprint density at radius 3 is 2.67 bits per heavy atom. The summed E-state index contributed by atoms with van der Waals surface area (Å²) in [5.41, 5.74) is 3.46. The summed E-state index contributed by atoms with van der Waals surface area (Å²) < 4.78 is 7.43. The van der Waals surface area contributed by atoms with Crippen LogP contribution in [0, 0.1) is 10.1 Å². The molecular weight excluding hydrogens is 382 g/mol. The van der Waals surface area contributed by atoms with E-state index < -0.39 is 4.92 Å². The van der Waals surface area contributed by atoms with E-state index in [9.17, 15) is 10.1 Å². The highest BCUT2D eigenvalue weighted by molar-refractivity contribution is 5.91. The van der Waals surface area contributed by atoms with E-state index in [-0.39, 0.29) is 5.69 Å². The lowest BCUT2D eigenvalue weighted by Gasteiger charge is -2.07. The molecule has 0 saturated heterocycles. The summed E-state index contributed by atoms with van der Waals surface area (Å²) in [6, 6.07) is 21.6. The van der Waals surface area contributed by atoms with Crippen molar-refractivity contribution in [3.05, 3.63) is 94.8 Å². The number of nitro benzene ring substituents is 1. The SMILES string of the molecule is O=[N+]([O-])c1ccc(OCc2cccc(-c3nc4c5ccccc5ncn4n3)c2)cc1. The van der Waals surface area contributed by atoms with Crippen LogP contribution in [0.4, 0.5) is 5.69 Å². The number of hydrogen-bond acceptors (Lipinski definition) is 6. The quantitative estimate of drug-likeness (QED) is 0.322. The highest BCUT2D eigenvalue weighted by atomic mass is 16.6. The molecule has 0 saturated carbocycles. The second kappa shape index (κ2) is 7.25. The van der Waals surface area contributed by atoms with Crippen molar-refractivity contribution in [2.24, 2.45) is 0 Å². The van der Waals surface area contributed by atoms with Crippen LogP contribution in [-0.2, 0) is 6.61 Å².